The summed E-state index contributed by atoms with van der Waals surface area (Å²) in [6.07, 6.45) is 6.93. The molecule has 0 spiro atoms. The highest BCUT2D eigenvalue weighted by molar-refractivity contribution is 6.17. The topological polar surface area (TPSA) is 37.8 Å². The molecule has 0 saturated heterocycles. The largest absolute Gasteiger partial charge is 0.354 e. The lowest BCUT2D eigenvalue weighted by Gasteiger charge is -2.15. The molecule has 0 aromatic carbocycles. The van der Waals surface area contributed by atoms with Crippen LogP contribution in [0.4, 0.5) is 5.95 Å². The molecule has 0 aliphatic carbocycles. The molecule has 0 radical (unpaired) electrons. The van der Waals surface area contributed by atoms with Crippen molar-refractivity contribution in [2.75, 3.05) is 17.7 Å². The van der Waals surface area contributed by atoms with E-state index in [0.29, 0.717) is 11.9 Å². The Kier molecular flexibility index (Phi) is 6.09. The molecule has 15 heavy (non-hydrogen) atoms. The molecule has 0 aliphatic rings. The van der Waals surface area contributed by atoms with Crippen LogP contribution in [0, 0.1) is 5.92 Å². The van der Waals surface area contributed by atoms with Gasteiger partial charge in [0.25, 0.3) is 0 Å². The van der Waals surface area contributed by atoms with E-state index in [4.69, 9.17) is 11.6 Å². The summed E-state index contributed by atoms with van der Waals surface area (Å²) in [5, 5.41) is 3.23. The van der Waals surface area contributed by atoms with E-state index in [1.807, 2.05) is 6.07 Å². The number of halogens is 1. The molecule has 84 valence electrons. The minimum Gasteiger partial charge on any atom is -0.354 e. The van der Waals surface area contributed by atoms with E-state index in [1.54, 1.807) is 12.4 Å². The monoisotopic (exact) mass is 227 g/mol. The van der Waals surface area contributed by atoms with Gasteiger partial charge in [0.15, 0.2) is 0 Å². The van der Waals surface area contributed by atoms with E-state index in [9.17, 15) is 0 Å². The van der Waals surface area contributed by atoms with Gasteiger partial charge in [0.1, 0.15) is 0 Å². The number of alkyl halides is 1. The second-order valence-corrected chi connectivity index (χ2v) is 3.96. The zero-order valence-electron chi connectivity index (χ0n) is 9.12. The minimum absolute atomic E-state index is 0.622. The van der Waals surface area contributed by atoms with Crippen LogP contribution in [-0.2, 0) is 0 Å². The molecule has 0 bridgehead atoms. The third kappa shape index (κ3) is 4.98. The number of hydrogen-bond donors (Lipinski definition) is 1. The number of nitrogens with one attached hydrogen (secondary N) is 1. The minimum atomic E-state index is 0.622. The van der Waals surface area contributed by atoms with Crippen molar-refractivity contribution in [3.8, 4) is 0 Å². The lowest BCUT2D eigenvalue weighted by atomic mass is 10.0. The van der Waals surface area contributed by atoms with Crippen LogP contribution in [0.5, 0.6) is 0 Å². The molecular formula is C11H18ClN3. The maximum Gasteiger partial charge on any atom is 0.222 e. The Bertz CT molecular complexity index is 247. The van der Waals surface area contributed by atoms with Crippen molar-refractivity contribution in [2.24, 2.45) is 5.92 Å². The maximum absolute atomic E-state index is 5.75. The number of aromatic nitrogens is 2. The fraction of sp³-hybridized carbons (Fsp3) is 0.636. The van der Waals surface area contributed by atoms with Crippen LogP contribution in [-0.4, -0.2) is 22.4 Å². The summed E-state index contributed by atoms with van der Waals surface area (Å²) in [5.41, 5.74) is 0. The SMILES string of the molecule is CCCC(CCCl)CNc1ncccn1. The lowest BCUT2D eigenvalue weighted by Crippen LogP contribution is -2.16. The molecule has 0 amide bonds. The fourth-order valence-corrected chi connectivity index (χ4v) is 1.85. The van der Waals surface area contributed by atoms with Gasteiger partial charge in [-0.25, -0.2) is 9.97 Å². The summed E-state index contributed by atoms with van der Waals surface area (Å²) in [4.78, 5) is 8.23. The summed E-state index contributed by atoms with van der Waals surface area (Å²) in [6.45, 7) is 3.10. The first kappa shape index (κ1) is 12.2. The van der Waals surface area contributed by atoms with Crippen LogP contribution in [0.25, 0.3) is 0 Å². The molecule has 0 aliphatic heterocycles. The highest BCUT2D eigenvalue weighted by atomic mass is 35.5. The van der Waals surface area contributed by atoms with Gasteiger partial charge >= 0.3 is 0 Å². The van der Waals surface area contributed by atoms with Gasteiger partial charge in [-0.05, 0) is 24.8 Å². The van der Waals surface area contributed by atoms with Gasteiger partial charge in [-0.2, -0.15) is 0 Å². The van der Waals surface area contributed by atoms with Gasteiger partial charge in [-0.1, -0.05) is 13.3 Å². The van der Waals surface area contributed by atoms with Crippen molar-refractivity contribution in [1.29, 1.82) is 0 Å². The van der Waals surface area contributed by atoms with Crippen molar-refractivity contribution in [2.45, 2.75) is 26.2 Å². The van der Waals surface area contributed by atoms with Crippen molar-refractivity contribution in [3.05, 3.63) is 18.5 Å². The fourth-order valence-electron chi connectivity index (χ4n) is 1.54. The van der Waals surface area contributed by atoms with E-state index in [-0.39, 0.29) is 0 Å². The Morgan fingerprint density at radius 1 is 1.33 bits per heavy atom. The van der Waals surface area contributed by atoms with Crippen molar-refractivity contribution in [3.63, 3.8) is 0 Å². The van der Waals surface area contributed by atoms with E-state index >= 15 is 0 Å². The molecule has 1 rings (SSSR count). The Balaban J connectivity index is 2.33. The Hall–Kier alpha value is -0.830. The van der Waals surface area contributed by atoms with Gasteiger partial charge in [-0.15, -0.1) is 11.6 Å². The zero-order valence-corrected chi connectivity index (χ0v) is 9.87. The van der Waals surface area contributed by atoms with Crippen LogP contribution < -0.4 is 5.32 Å². The molecule has 3 nitrogen and oxygen atoms in total. The average Bonchev–Trinajstić information content (AvgIpc) is 2.28. The highest BCUT2D eigenvalue weighted by Crippen LogP contribution is 2.12. The first-order valence-corrected chi connectivity index (χ1v) is 5.97. The van der Waals surface area contributed by atoms with E-state index in [1.165, 1.54) is 12.8 Å². The second-order valence-electron chi connectivity index (χ2n) is 3.59. The Labute approximate surface area is 96.3 Å². The first-order chi connectivity index (χ1) is 7.36. The number of hydrogen-bond acceptors (Lipinski definition) is 3. The predicted octanol–water partition coefficient (Wildman–Crippen LogP) is 2.93. The van der Waals surface area contributed by atoms with Gasteiger partial charge < -0.3 is 5.32 Å². The summed E-state index contributed by atoms with van der Waals surface area (Å²) in [7, 11) is 0. The standard InChI is InChI=1S/C11H18ClN3/c1-2-4-10(5-6-12)9-15-11-13-7-3-8-14-11/h3,7-8,10H,2,4-6,9H2,1H3,(H,13,14,15). The molecule has 0 saturated carbocycles. The average molecular weight is 228 g/mol. The van der Waals surface area contributed by atoms with Crippen molar-refractivity contribution >= 4 is 17.5 Å². The molecule has 1 aromatic rings. The van der Waals surface area contributed by atoms with Crippen LogP contribution in [0.15, 0.2) is 18.5 Å². The van der Waals surface area contributed by atoms with Crippen molar-refractivity contribution in [1.82, 2.24) is 9.97 Å². The van der Waals surface area contributed by atoms with Gasteiger partial charge in [-0.3, -0.25) is 0 Å². The summed E-state index contributed by atoms with van der Waals surface area (Å²) in [5.74, 6) is 2.05. The van der Waals surface area contributed by atoms with E-state index < -0.39 is 0 Å². The van der Waals surface area contributed by atoms with Crippen LogP contribution >= 0.6 is 11.6 Å². The second kappa shape index (κ2) is 7.46. The number of nitrogens with zero attached hydrogens (tertiary/aromatic N) is 2. The third-order valence-corrected chi connectivity index (χ3v) is 2.55. The lowest BCUT2D eigenvalue weighted by molar-refractivity contribution is 0.489. The molecule has 0 fully saturated rings. The number of anilines is 1. The Morgan fingerprint density at radius 3 is 2.67 bits per heavy atom. The van der Waals surface area contributed by atoms with E-state index in [0.717, 1.165) is 18.8 Å². The highest BCUT2D eigenvalue weighted by Gasteiger charge is 2.07. The van der Waals surface area contributed by atoms with Gasteiger partial charge in [0.2, 0.25) is 5.95 Å². The van der Waals surface area contributed by atoms with Crippen LogP contribution in [0.1, 0.15) is 26.2 Å². The molecule has 1 unspecified atom stereocenters. The van der Waals surface area contributed by atoms with Crippen LogP contribution in [0.3, 0.4) is 0 Å². The number of rotatable bonds is 7. The predicted molar refractivity (Wildman–Crippen MR) is 64.3 cm³/mol. The van der Waals surface area contributed by atoms with Crippen LogP contribution in [0.2, 0.25) is 0 Å². The third-order valence-electron chi connectivity index (χ3n) is 2.33. The summed E-state index contributed by atoms with van der Waals surface area (Å²) >= 11 is 5.75. The normalized spacial score (nSPS) is 12.4. The Morgan fingerprint density at radius 2 is 2.07 bits per heavy atom. The molecule has 4 heteroatoms. The molecular weight excluding hydrogens is 210 g/mol. The smallest absolute Gasteiger partial charge is 0.222 e. The molecule has 1 atom stereocenters. The first-order valence-electron chi connectivity index (χ1n) is 5.43. The molecule has 1 N–H and O–H groups in total. The van der Waals surface area contributed by atoms with E-state index in [2.05, 4.69) is 22.2 Å². The molecule has 1 heterocycles. The van der Waals surface area contributed by atoms with Gasteiger partial charge in [0.05, 0.1) is 0 Å². The summed E-state index contributed by atoms with van der Waals surface area (Å²) < 4.78 is 0. The molecule has 1 aromatic heterocycles. The van der Waals surface area contributed by atoms with Gasteiger partial charge in [0, 0.05) is 24.8 Å². The zero-order chi connectivity index (χ0) is 10.9. The maximum atomic E-state index is 5.75. The quantitative estimate of drug-likeness (QED) is 0.728. The summed E-state index contributed by atoms with van der Waals surface area (Å²) in [6, 6.07) is 1.81. The van der Waals surface area contributed by atoms with Crippen molar-refractivity contribution < 1.29 is 0 Å².